The smallest absolute Gasteiger partial charge is 0.251 e. The second-order valence-electron chi connectivity index (χ2n) is 7.13. The van der Waals surface area contributed by atoms with Crippen LogP contribution in [0.15, 0.2) is 53.5 Å². The van der Waals surface area contributed by atoms with Crippen molar-refractivity contribution in [1.82, 2.24) is 16.0 Å². The molecule has 1 amide bonds. The molecular weight excluding hydrogens is 348 g/mol. The maximum Gasteiger partial charge on any atom is 0.251 e. The van der Waals surface area contributed by atoms with E-state index in [0.29, 0.717) is 18.0 Å². The van der Waals surface area contributed by atoms with E-state index >= 15 is 0 Å². The maximum absolute atomic E-state index is 11.6. The van der Waals surface area contributed by atoms with E-state index in [-0.39, 0.29) is 5.91 Å². The number of benzene rings is 2. The van der Waals surface area contributed by atoms with Crippen molar-refractivity contribution in [3.63, 3.8) is 0 Å². The number of rotatable bonds is 8. The lowest BCUT2D eigenvalue weighted by Crippen LogP contribution is -2.37. The van der Waals surface area contributed by atoms with Gasteiger partial charge in [-0.15, -0.1) is 0 Å². The summed E-state index contributed by atoms with van der Waals surface area (Å²) in [7, 11) is 3.41. The Balaban J connectivity index is 1.72. The van der Waals surface area contributed by atoms with E-state index in [0.717, 1.165) is 30.9 Å². The Kier molecular flexibility index (Phi) is 8.53. The number of nitrogens with one attached hydrogen (secondary N) is 3. The van der Waals surface area contributed by atoms with Gasteiger partial charge in [-0.3, -0.25) is 9.79 Å². The highest BCUT2D eigenvalue weighted by Gasteiger charge is 2.03. The SMILES string of the molecule is CN=C(NCCCc1ccc(C(C)C)cc1)NCc1ccc(C(=O)NC)cc1. The third-order valence-corrected chi connectivity index (χ3v) is 4.71. The first-order chi connectivity index (χ1) is 13.5. The first kappa shape index (κ1) is 21.5. The van der Waals surface area contributed by atoms with Gasteiger partial charge in [0.15, 0.2) is 5.96 Å². The minimum atomic E-state index is -0.0733. The third kappa shape index (κ3) is 6.72. The molecule has 0 bridgehead atoms. The maximum atomic E-state index is 11.6. The standard InChI is InChI=1S/C23H32N4O/c1-17(2)20-11-7-18(8-12-20)6-5-15-26-23(25-4)27-16-19-9-13-21(14-10-19)22(28)24-3/h7-14,17H,5-6,15-16H2,1-4H3,(H,24,28)(H2,25,26,27). The van der Waals surface area contributed by atoms with Crippen molar-refractivity contribution in [2.24, 2.45) is 4.99 Å². The Labute approximate surface area is 168 Å². The lowest BCUT2D eigenvalue weighted by atomic mass is 10.0. The summed E-state index contributed by atoms with van der Waals surface area (Å²) in [6, 6.07) is 16.5. The molecule has 0 aliphatic heterocycles. The Morgan fingerprint density at radius 3 is 2.18 bits per heavy atom. The zero-order valence-corrected chi connectivity index (χ0v) is 17.4. The van der Waals surface area contributed by atoms with E-state index in [4.69, 9.17) is 0 Å². The van der Waals surface area contributed by atoms with Crippen LogP contribution in [0, 0.1) is 0 Å². The molecule has 3 N–H and O–H groups in total. The molecule has 2 aromatic rings. The molecule has 28 heavy (non-hydrogen) atoms. The topological polar surface area (TPSA) is 65.5 Å². The lowest BCUT2D eigenvalue weighted by molar-refractivity contribution is 0.0963. The molecule has 0 unspecified atom stereocenters. The zero-order valence-electron chi connectivity index (χ0n) is 17.4. The summed E-state index contributed by atoms with van der Waals surface area (Å²) in [6.45, 7) is 5.95. The summed E-state index contributed by atoms with van der Waals surface area (Å²) in [4.78, 5) is 15.8. The minimum Gasteiger partial charge on any atom is -0.356 e. The Morgan fingerprint density at radius 2 is 1.61 bits per heavy atom. The van der Waals surface area contributed by atoms with Crippen LogP contribution < -0.4 is 16.0 Å². The number of amides is 1. The predicted molar refractivity (Wildman–Crippen MR) is 117 cm³/mol. The van der Waals surface area contributed by atoms with Crippen molar-refractivity contribution < 1.29 is 4.79 Å². The van der Waals surface area contributed by atoms with Gasteiger partial charge in [0, 0.05) is 32.7 Å². The van der Waals surface area contributed by atoms with Gasteiger partial charge in [-0.05, 0) is 47.6 Å². The number of aryl methyl sites for hydroxylation is 1. The summed E-state index contributed by atoms with van der Waals surface area (Å²) >= 11 is 0. The quantitative estimate of drug-likeness (QED) is 0.373. The summed E-state index contributed by atoms with van der Waals surface area (Å²) in [5.74, 6) is 1.28. The Morgan fingerprint density at radius 1 is 0.964 bits per heavy atom. The van der Waals surface area contributed by atoms with Gasteiger partial charge in [0.2, 0.25) is 0 Å². The number of carbonyl (C=O) groups is 1. The van der Waals surface area contributed by atoms with Crippen LogP contribution in [0.4, 0.5) is 0 Å². The fourth-order valence-corrected chi connectivity index (χ4v) is 2.89. The summed E-state index contributed by atoms with van der Waals surface area (Å²) in [5.41, 5.74) is 4.51. The van der Waals surface area contributed by atoms with Gasteiger partial charge in [-0.1, -0.05) is 50.2 Å². The van der Waals surface area contributed by atoms with Crippen molar-refractivity contribution in [3.05, 3.63) is 70.8 Å². The highest BCUT2D eigenvalue weighted by molar-refractivity contribution is 5.93. The van der Waals surface area contributed by atoms with Gasteiger partial charge in [0.05, 0.1) is 0 Å². The average molecular weight is 381 g/mol. The Bertz CT molecular complexity index is 764. The van der Waals surface area contributed by atoms with Crippen LogP contribution >= 0.6 is 0 Å². The molecule has 0 saturated carbocycles. The monoisotopic (exact) mass is 380 g/mol. The lowest BCUT2D eigenvalue weighted by Gasteiger charge is -2.12. The molecule has 0 fully saturated rings. The normalized spacial score (nSPS) is 11.4. The second-order valence-corrected chi connectivity index (χ2v) is 7.13. The van der Waals surface area contributed by atoms with E-state index in [9.17, 15) is 4.79 Å². The van der Waals surface area contributed by atoms with Crippen LogP contribution in [0.25, 0.3) is 0 Å². The van der Waals surface area contributed by atoms with Crippen molar-refractivity contribution in [1.29, 1.82) is 0 Å². The predicted octanol–water partition coefficient (Wildman–Crippen LogP) is 3.47. The molecule has 2 aromatic carbocycles. The number of guanidine groups is 1. The van der Waals surface area contributed by atoms with Gasteiger partial charge >= 0.3 is 0 Å². The van der Waals surface area contributed by atoms with Gasteiger partial charge < -0.3 is 16.0 Å². The second kappa shape index (κ2) is 11.1. The van der Waals surface area contributed by atoms with Crippen LogP contribution in [-0.4, -0.2) is 32.5 Å². The largest absolute Gasteiger partial charge is 0.356 e. The number of aliphatic imine (C=N–C) groups is 1. The molecule has 0 aliphatic carbocycles. The van der Waals surface area contributed by atoms with Gasteiger partial charge in [-0.2, -0.15) is 0 Å². The van der Waals surface area contributed by atoms with E-state index in [1.165, 1.54) is 11.1 Å². The molecular formula is C23H32N4O. The van der Waals surface area contributed by atoms with E-state index in [1.54, 1.807) is 14.1 Å². The van der Waals surface area contributed by atoms with Crippen LogP contribution in [0.5, 0.6) is 0 Å². The molecule has 5 nitrogen and oxygen atoms in total. The van der Waals surface area contributed by atoms with Gasteiger partial charge in [-0.25, -0.2) is 0 Å². The fraction of sp³-hybridized carbons (Fsp3) is 0.391. The van der Waals surface area contributed by atoms with Crippen molar-refractivity contribution >= 4 is 11.9 Å². The highest BCUT2D eigenvalue weighted by Crippen LogP contribution is 2.15. The summed E-state index contributed by atoms with van der Waals surface area (Å²) in [6.07, 6.45) is 2.09. The third-order valence-electron chi connectivity index (χ3n) is 4.71. The zero-order chi connectivity index (χ0) is 20.4. The number of carbonyl (C=O) groups excluding carboxylic acids is 1. The molecule has 150 valence electrons. The van der Waals surface area contributed by atoms with Crippen LogP contribution in [0.2, 0.25) is 0 Å². The van der Waals surface area contributed by atoms with E-state index in [1.807, 2.05) is 24.3 Å². The van der Waals surface area contributed by atoms with Crippen molar-refractivity contribution in [3.8, 4) is 0 Å². The van der Waals surface area contributed by atoms with Gasteiger partial charge in [0.1, 0.15) is 0 Å². The highest BCUT2D eigenvalue weighted by atomic mass is 16.1. The molecule has 0 spiro atoms. The van der Waals surface area contributed by atoms with Crippen LogP contribution in [0.1, 0.15) is 53.2 Å². The average Bonchev–Trinajstić information content (AvgIpc) is 2.73. The molecule has 0 radical (unpaired) electrons. The first-order valence-corrected chi connectivity index (χ1v) is 9.88. The molecule has 0 aromatic heterocycles. The molecule has 2 rings (SSSR count). The molecule has 5 heteroatoms. The van der Waals surface area contributed by atoms with Crippen molar-refractivity contribution in [2.75, 3.05) is 20.6 Å². The minimum absolute atomic E-state index is 0.0733. The number of hydrogen-bond donors (Lipinski definition) is 3. The van der Waals surface area contributed by atoms with E-state index in [2.05, 4.69) is 59.1 Å². The first-order valence-electron chi connectivity index (χ1n) is 9.88. The van der Waals surface area contributed by atoms with Gasteiger partial charge in [0.25, 0.3) is 5.91 Å². The number of hydrogen-bond acceptors (Lipinski definition) is 2. The molecule has 0 saturated heterocycles. The molecule has 0 aliphatic rings. The molecule has 0 heterocycles. The van der Waals surface area contributed by atoms with Crippen LogP contribution in [0.3, 0.4) is 0 Å². The summed E-state index contributed by atoms with van der Waals surface area (Å²) in [5, 5.41) is 9.28. The fourth-order valence-electron chi connectivity index (χ4n) is 2.89. The van der Waals surface area contributed by atoms with Crippen molar-refractivity contribution in [2.45, 2.75) is 39.2 Å². The van der Waals surface area contributed by atoms with E-state index < -0.39 is 0 Å². The number of nitrogens with zero attached hydrogens (tertiary/aromatic N) is 1. The summed E-state index contributed by atoms with van der Waals surface area (Å²) < 4.78 is 0. The Hall–Kier alpha value is -2.82. The molecule has 0 atom stereocenters. The van der Waals surface area contributed by atoms with Crippen LogP contribution in [-0.2, 0) is 13.0 Å².